The van der Waals surface area contributed by atoms with Crippen LogP contribution in [0, 0.1) is 0 Å². The van der Waals surface area contributed by atoms with Crippen molar-refractivity contribution in [3.05, 3.63) is 42.7 Å². The van der Waals surface area contributed by atoms with Gasteiger partial charge in [0.05, 0.1) is 11.7 Å². The van der Waals surface area contributed by atoms with E-state index in [-0.39, 0.29) is 5.75 Å². The van der Waals surface area contributed by atoms with Crippen molar-refractivity contribution in [1.29, 1.82) is 0 Å². The average Bonchev–Trinajstić information content (AvgIpc) is 2.74. The summed E-state index contributed by atoms with van der Waals surface area (Å²) in [4.78, 5) is 3.96. The van der Waals surface area contributed by atoms with E-state index in [1.165, 1.54) is 0 Å². The van der Waals surface area contributed by atoms with E-state index in [1.807, 2.05) is 12.1 Å². The molecule has 5 heteroatoms. The maximum Gasteiger partial charge on any atom is 0.141 e. The third kappa shape index (κ3) is 1.22. The summed E-state index contributed by atoms with van der Waals surface area (Å²) in [6, 6.07) is 8.80. The van der Waals surface area contributed by atoms with Crippen LogP contribution in [0.25, 0.3) is 16.7 Å². The minimum absolute atomic E-state index is 0.172. The standard InChI is InChI=1S/C11H8N4O/c16-11-4-2-1-3-10(11)15-9-5-6-12-7-8(9)13-14-15/h1-7,16H. The second-order valence-corrected chi connectivity index (χ2v) is 3.35. The van der Waals surface area contributed by atoms with Crippen molar-refractivity contribution in [3.8, 4) is 11.4 Å². The van der Waals surface area contributed by atoms with Gasteiger partial charge in [0.1, 0.15) is 17.0 Å². The van der Waals surface area contributed by atoms with Gasteiger partial charge in [0.2, 0.25) is 0 Å². The molecule has 0 amide bonds. The highest BCUT2D eigenvalue weighted by Crippen LogP contribution is 2.22. The molecule has 1 N–H and O–H groups in total. The van der Waals surface area contributed by atoms with E-state index in [4.69, 9.17) is 0 Å². The first-order chi connectivity index (χ1) is 7.86. The summed E-state index contributed by atoms with van der Waals surface area (Å²) in [5.41, 5.74) is 2.12. The molecule has 0 spiro atoms. The van der Waals surface area contributed by atoms with Crippen molar-refractivity contribution in [3.63, 3.8) is 0 Å². The van der Waals surface area contributed by atoms with E-state index in [0.717, 1.165) is 5.52 Å². The van der Waals surface area contributed by atoms with E-state index in [9.17, 15) is 5.11 Å². The second-order valence-electron chi connectivity index (χ2n) is 3.35. The quantitative estimate of drug-likeness (QED) is 0.664. The van der Waals surface area contributed by atoms with Gasteiger partial charge in [-0.15, -0.1) is 5.10 Å². The summed E-state index contributed by atoms with van der Waals surface area (Å²) in [5, 5.41) is 17.7. The van der Waals surface area contributed by atoms with Gasteiger partial charge >= 0.3 is 0 Å². The maximum atomic E-state index is 9.74. The number of aromatic nitrogens is 4. The van der Waals surface area contributed by atoms with E-state index in [2.05, 4.69) is 15.3 Å². The van der Waals surface area contributed by atoms with E-state index in [0.29, 0.717) is 11.2 Å². The second kappa shape index (κ2) is 3.30. The fourth-order valence-electron chi connectivity index (χ4n) is 1.60. The molecule has 0 aliphatic carbocycles. The first-order valence-corrected chi connectivity index (χ1v) is 4.80. The molecule has 0 bridgehead atoms. The molecule has 16 heavy (non-hydrogen) atoms. The molecular formula is C11H8N4O. The van der Waals surface area contributed by atoms with Crippen LogP contribution in [0.15, 0.2) is 42.7 Å². The van der Waals surface area contributed by atoms with Gasteiger partial charge in [-0.1, -0.05) is 17.3 Å². The zero-order chi connectivity index (χ0) is 11.0. The number of pyridine rings is 1. The molecular weight excluding hydrogens is 204 g/mol. The number of phenolic OH excluding ortho intramolecular Hbond substituents is 1. The van der Waals surface area contributed by atoms with Crippen molar-refractivity contribution in [2.75, 3.05) is 0 Å². The number of benzene rings is 1. The molecule has 3 aromatic rings. The molecule has 0 radical (unpaired) electrons. The summed E-state index contributed by atoms with van der Waals surface area (Å²) >= 11 is 0. The predicted octanol–water partition coefficient (Wildman–Crippen LogP) is 1.52. The van der Waals surface area contributed by atoms with E-state index >= 15 is 0 Å². The average molecular weight is 212 g/mol. The molecule has 0 aliphatic rings. The number of aromatic hydroxyl groups is 1. The van der Waals surface area contributed by atoms with Gasteiger partial charge in [0.15, 0.2) is 0 Å². The third-order valence-corrected chi connectivity index (χ3v) is 2.36. The molecule has 0 saturated carbocycles. The van der Waals surface area contributed by atoms with Crippen molar-refractivity contribution in [2.24, 2.45) is 0 Å². The molecule has 0 atom stereocenters. The number of hydrogen-bond acceptors (Lipinski definition) is 4. The lowest BCUT2D eigenvalue weighted by Crippen LogP contribution is -1.96. The van der Waals surface area contributed by atoms with E-state index in [1.54, 1.807) is 35.3 Å². The van der Waals surface area contributed by atoms with Crippen LogP contribution in [0.1, 0.15) is 0 Å². The van der Waals surface area contributed by atoms with Crippen LogP contribution < -0.4 is 0 Å². The fraction of sp³-hybridized carbons (Fsp3) is 0. The Bertz CT molecular complexity index is 647. The van der Waals surface area contributed by atoms with Crippen LogP contribution in [0.2, 0.25) is 0 Å². The molecule has 0 fully saturated rings. The molecule has 5 nitrogen and oxygen atoms in total. The molecule has 2 heterocycles. The molecule has 2 aromatic heterocycles. The van der Waals surface area contributed by atoms with E-state index < -0.39 is 0 Å². The van der Waals surface area contributed by atoms with Crippen LogP contribution in [-0.4, -0.2) is 25.1 Å². The zero-order valence-electron chi connectivity index (χ0n) is 8.28. The van der Waals surface area contributed by atoms with Gasteiger partial charge in [-0.25, -0.2) is 4.68 Å². The fourth-order valence-corrected chi connectivity index (χ4v) is 1.60. The number of fused-ring (bicyclic) bond motifs is 1. The maximum absolute atomic E-state index is 9.74. The molecule has 0 aliphatic heterocycles. The van der Waals surface area contributed by atoms with Crippen molar-refractivity contribution >= 4 is 11.0 Å². The highest BCUT2D eigenvalue weighted by molar-refractivity contribution is 5.75. The lowest BCUT2D eigenvalue weighted by Gasteiger charge is -2.03. The number of rotatable bonds is 1. The number of para-hydroxylation sites is 2. The molecule has 1 aromatic carbocycles. The SMILES string of the molecule is Oc1ccccc1-n1nnc2cnccc21. The molecule has 0 unspecified atom stereocenters. The van der Waals surface area contributed by atoms with Crippen LogP contribution in [-0.2, 0) is 0 Å². The first kappa shape index (κ1) is 8.84. The lowest BCUT2D eigenvalue weighted by atomic mass is 10.3. The molecule has 78 valence electrons. The van der Waals surface area contributed by atoms with Crippen molar-refractivity contribution in [1.82, 2.24) is 20.0 Å². The summed E-state index contributed by atoms with van der Waals surface area (Å²) in [6.07, 6.45) is 3.31. The third-order valence-electron chi connectivity index (χ3n) is 2.36. The largest absolute Gasteiger partial charge is 0.506 e. The summed E-state index contributed by atoms with van der Waals surface area (Å²) in [7, 11) is 0. The normalized spacial score (nSPS) is 10.8. The van der Waals surface area contributed by atoms with Gasteiger partial charge in [-0.2, -0.15) is 0 Å². The van der Waals surface area contributed by atoms with Gasteiger partial charge in [0.25, 0.3) is 0 Å². The monoisotopic (exact) mass is 212 g/mol. The predicted molar refractivity (Wildman–Crippen MR) is 58.3 cm³/mol. The van der Waals surface area contributed by atoms with Crippen LogP contribution in [0.4, 0.5) is 0 Å². The minimum atomic E-state index is 0.172. The van der Waals surface area contributed by atoms with Gasteiger partial charge in [-0.05, 0) is 18.2 Å². The summed E-state index contributed by atoms with van der Waals surface area (Å²) < 4.78 is 1.59. The number of nitrogens with zero attached hydrogens (tertiary/aromatic N) is 4. The Morgan fingerprint density at radius 1 is 1.12 bits per heavy atom. The summed E-state index contributed by atoms with van der Waals surface area (Å²) in [6.45, 7) is 0. The molecule has 0 saturated heterocycles. The Morgan fingerprint density at radius 3 is 2.88 bits per heavy atom. The zero-order valence-corrected chi connectivity index (χ0v) is 8.28. The number of hydrogen-bond donors (Lipinski definition) is 1. The highest BCUT2D eigenvalue weighted by atomic mass is 16.3. The minimum Gasteiger partial charge on any atom is -0.506 e. The first-order valence-electron chi connectivity index (χ1n) is 4.80. The Kier molecular flexibility index (Phi) is 1.83. The van der Waals surface area contributed by atoms with Crippen LogP contribution in [0.5, 0.6) is 5.75 Å². The van der Waals surface area contributed by atoms with Crippen molar-refractivity contribution in [2.45, 2.75) is 0 Å². The van der Waals surface area contributed by atoms with Crippen LogP contribution in [0.3, 0.4) is 0 Å². The Morgan fingerprint density at radius 2 is 2.00 bits per heavy atom. The van der Waals surface area contributed by atoms with Gasteiger partial charge in [-0.3, -0.25) is 4.98 Å². The Balaban J connectivity index is 2.31. The highest BCUT2D eigenvalue weighted by Gasteiger charge is 2.08. The molecule has 3 rings (SSSR count). The van der Waals surface area contributed by atoms with Gasteiger partial charge < -0.3 is 5.11 Å². The number of phenols is 1. The summed E-state index contributed by atoms with van der Waals surface area (Å²) in [5.74, 6) is 0.172. The van der Waals surface area contributed by atoms with Crippen LogP contribution >= 0.6 is 0 Å². The smallest absolute Gasteiger partial charge is 0.141 e. The lowest BCUT2D eigenvalue weighted by molar-refractivity contribution is 0.470. The van der Waals surface area contributed by atoms with Crippen molar-refractivity contribution < 1.29 is 5.11 Å². The Labute approximate surface area is 91.0 Å². The topological polar surface area (TPSA) is 63.8 Å². The van der Waals surface area contributed by atoms with Gasteiger partial charge in [0, 0.05) is 6.20 Å². The Hall–Kier alpha value is -2.43.